The summed E-state index contributed by atoms with van der Waals surface area (Å²) in [6, 6.07) is 3.68. The molecule has 0 saturated carbocycles. The molecule has 0 bridgehead atoms. The van der Waals surface area contributed by atoms with Crippen molar-refractivity contribution in [1.82, 2.24) is 20.0 Å². The zero-order valence-corrected chi connectivity index (χ0v) is 14.0. The van der Waals surface area contributed by atoms with Crippen LogP contribution in [-0.4, -0.2) is 53.3 Å². The van der Waals surface area contributed by atoms with Gasteiger partial charge in [0.05, 0.1) is 17.1 Å². The van der Waals surface area contributed by atoms with Crippen molar-refractivity contribution in [2.45, 2.75) is 13.2 Å². The number of halogens is 1. The lowest BCUT2D eigenvalue weighted by molar-refractivity contribution is 0.174. The van der Waals surface area contributed by atoms with E-state index in [1.54, 1.807) is 19.4 Å². The normalized spacial score (nSPS) is 15.5. The molecule has 0 aliphatic carbocycles. The Kier molecular flexibility index (Phi) is 5.25. The molecular formula is C15H17ClN6O2. The van der Waals surface area contributed by atoms with Gasteiger partial charge in [-0.15, -0.1) is 0 Å². The SMILES string of the molecule is COCc1noc(CN2CCN(c3ncc(C#N)cc3Cl)CC2)n1. The molecule has 0 aromatic carbocycles. The van der Waals surface area contributed by atoms with Crippen molar-refractivity contribution >= 4 is 17.4 Å². The lowest BCUT2D eigenvalue weighted by Crippen LogP contribution is -2.46. The van der Waals surface area contributed by atoms with Crippen LogP contribution in [0.5, 0.6) is 0 Å². The fraction of sp³-hybridized carbons (Fsp3) is 0.467. The smallest absolute Gasteiger partial charge is 0.240 e. The fourth-order valence-corrected chi connectivity index (χ4v) is 2.86. The Bertz CT molecular complexity index is 736. The fourth-order valence-electron chi connectivity index (χ4n) is 2.58. The van der Waals surface area contributed by atoms with E-state index in [1.807, 2.05) is 6.07 Å². The van der Waals surface area contributed by atoms with Gasteiger partial charge in [-0.2, -0.15) is 10.2 Å². The number of ether oxygens (including phenoxy) is 1. The molecule has 0 radical (unpaired) electrons. The summed E-state index contributed by atoms with van der Waals surface area (Å²) in [7, 11) is 1.59. The summed E-state index contributed by atoms with van der Waals surface area (Å²) in [4.78, 5) is 12.9. The predicted octanol–water partition coefficient (Wildman–Crippen LogP) is 1.46. The van der Waals surface area contributed by atoms with Gasteiger partial charge in [0, 0.05) is 39.5 Å². The van der Waals surface area contributed by atoms with Crippen molar-refractivity contribution in [1.29, 1.82) is 5.26 Å². The van der Waals surface area contributed by atoms with Crippen LogP contribution in [0.15, 0.2) is 16.8 Å². The predicted molar refractivity (Wildman–Crippen MR) is 86.5 cm³/mol. The van der Waals surface area contributed by atoms with Crippen LogP contribution < -0.4 is 4.90 Å². The second-order valence-corrected chi connectivity index (χ2v) is 5.85. The Morgan fingerprint density at radius 3 is 2.83 bits per heavy atom. The highest BCUT2D eigenvalue weighted by atomic mass is 35.5. The van der Waals surface area contributed by atoms with Gasteiger partial charge in [0.2, 0.25) is 5.89 Å². The maximum Gasteiger partial charge on any atom is 0.240 e. The third-order valence-electron chi connectivity index (χ3n) is 3.77. The average Bonchev–Trinajstić information content (AvgIpc) is 3.03. The van der Waals surface area contributed by atoms with Gasteiger partial charge in [-0.3, -0.25) is 4.90 Å². The second kappa shape index (κ2) is 7.57. The van der Waals surface area contributed by atoms with Gasteiger partial charge in [0.1, 0.15) is 18.5 Å². The number of pyridine rings is 1. The first-order valence-electron chi connectivity index (χ1n) is 7.53. The summed E-state index contributed by atoms with van der Waals surface area (Å²) < 4.78 is 10.2. The van der Waals surface area contributed by atoms with Gasteiger partial charge in [-0.1, -0.05) is 16.8 Å². The van der Waals surface area contributed by atoms with Crippen molar-refractivity contribution in [2.24, 2.45) is 0 Å². The molecule has 2 aromatic heterocycles. The number of rotatable bonds is 5. The van der Waals surface area contributed by atoms with Crippen molar-refractivity contribution < 1.29 is 9.26 Å². The molecule has 24 heavy (non-hydrogen) atoms. The zero-order valence-electron chi connectivity index (χ0n) is 13.3. The van der Waals surface area contributed by atoms with Gasteiger partial charge >= 0.3 is 0 Å². The highest BCUT2D eigenvalue weighted by Gasteiger charge is 2.21. The Morgan fingerprint density at radius 1 is 1.38 bits per heavy atom. The number of anilines is 1. The molecule has 0 spiro atoms. The van der Waals surface area contributed by atoms with Crippen LogP contribution in [0.3, 0.4) is 0 Å². The molecule has 9 heteroatoms. The van der Waals surface area contributed by atoms with Crippen LogP contribution >= 0.6 is 11.6 Å². The summed E-state index contributed by atoms with van der Waals surface area (Å²) in [5.41, 5.74) is 0.464. The number of hydrogen-bond donors (Lipinski definition) is 0. The van der Waals surface area contributed by atoms with Crippen molar-refractivity contribution in [3.8, 4) is 6.07 Å². The zero-order chi connectivity index (χ0) is 16.9. The van der Waals surface area contributed by atoms with E-state index in [9.17, 15) is 0 Å². The van der Waals surface area contributed by atoms with E-state index < -0.39 is 0 Å². The molecule has 1 saturated heterocycles. The topological polar surface area (TPSA) is 91.3 Å². The third kappa shape index (κ3) is 3.82. The average molecular weight is 349 g/mol. The van der Waals surface area contributed by atoms with E-state index in [0.29, 0.717) is 35.5 Å². The van der Waals surface area contributed by atoms with Gasteiger partial charge < -0.3 is 14.2 Å². The minimum absolute atomic E-state index is 0.347. The summed E-state index contributed by atoms with van der Waals surface area (Å²) >= 11 is 6.23. The summed E-state index contributed by atoms with van der Waals surface area (Å²) in [5.74, 6) is 1.86. The van der Waals surface area contributed by atoms with E-state index in [-0.39, 0.29) is 0 Å². The maximum absolute atomic E-state index is 8.88. The van der Waals surface area contributed by atoms with E-state index >= 15 is 0 Å². The monoisotopic (exact) mass is 348 g/mol. The van der Waals surface area contributed by atoms with Gasteiger partial charge in [-0.05, 0) is 6.07 Å². The number of aromatic nitrogens is 3. The van der Waals surface area contributed by atoms with Crippen molar-refractivity contribution in [3.63, 3.8) is 0 Å². The Balaban J connectivity index is 1.56. The largest absolute Gasteiger partial charge is 0.377 e. The van der Waals surface area contributed by atoms with E-state index in [4.69, 9.17) is 26.1 Å². The van der Waals surface area contributed by atoms with Crippen LogP contribution in [0.4, 0.5) is 5.82 Å². The summed E-state index contributed by atoms with van der Waals surface area (Å²) in [6.07, 6.45) is 1.54. The number of nitriles is 1. The first kappa shape index (κ1) is 16.6. The highest BCUT2D eigenvalue weighted by Crippen LogP contribution is 2.25. The van der Waals surface area contributed by atoms with E-state index in [0.717, 1.165) is 32.0 Å². The Labute approximate surface area is 144 Å². The molecule has 126 valence electrons. The maximum atomic E-state index is 8.88. The molecule has 0 N–H and O–H groups in total. The minimum atomic E-state index is 0.347. The molecule has 8 nitrogen and oxygen atoms in total. The molecule has 1 fully saturated rings. The molecular weight excluding hydrogens is 332 g/mol. The molecule has 0 atom stereocenters. The second-order valence-electron chi connectivity index (χ2n) is 5.44. The Morgan fingerprint density at radius 2 is 2.17 bits per heavy atom. The molecule has 3 heterocycles. The van der Waals surface area contributed by atoms with E-state index in [1.165, 1.54) is 0 Å². The van der Waals surface area contributed by atoms with Crippen LogP contribution in [0, 0.1) is 11.3 Å². The van der Waals surface area contributed by atoms with Gasteiger partial charge in [0.25, 0.3) is 0 Å². The van der Waals surface area contributed by atoms with Crippen LogP contribution in [0.2, 0.25) is 5.02 Å². The number of nitrogens with zero attached hydrogens (tertiary/aromatic N) is 6. The highest BCUT2D eigenvalue weighted by molar-refractivity contribution is 6.33. The lowest BCUT2D eigenvalue weighted by atomic mass is 10.2. The van der Waals surface area contributed by atoms with Gasteiger partial charge in [-0.25, -0.2) is 4.98 Å². The summed E-state index contributed by atoms with van der Waals surface area (Å²) in [6.45, 7) is 4.20. The minimum Gasteiger partial charge on any atom is -0.377 e. The molecule has 3 rings (SSSR count). The van der Waals surface area contributed by atoms with Crippen LogP contribution in [0.1, 0.15) is 17.3 Å². The van der Waals surface area contributed by atoms with Crippen molar-refractivity contribution in [3.05, 3.63) is 34.6 Å². The number of hydrogen-bond acceptors (Lipinski definition) is 8. The quantitative estimate of drug-likeness (QED) is 0.802. The molecule has 0 unspecified atom stereocenters. The number of methoxy groups -OCH3 is 1. The first-order chi connectivity index (χ1) is 11.7. The van der Waals surface area contributed by atoms with Crippen LogP contribution in [0.25, 0.3) is 0 Å². The number of piperazine rings is 1. The molecule has 1 aliphatic rings. The Hall–Kier alpha value is -2.21. The van der Waals surface area contributed by atoms with Gasteiger partial charge in [0.15, 0.2) is 5.82 Å². The standard InChI is InChI=1S/C15H17ClN6O2/c1-23-10-13-19-14(24-20-13)9-21-2-4-22(5-3-21)15-12(16)6-11(7-17)8-18-15/h6,8H,2-5,9-10H2,1H3. The molecule has 2 aromatic rings. The lowest BCUT2D eigenvalue weighted by Gasteiger charge is -2.35. The molecule has 0 amide bonds. The third-order valence-corrected chi connectivity index (χ3v) is 4.04. The van der Waals surface area contributed by atoms with Crippen molar-refractivity contribution in [2.75, 3.05) is 38.2 Å². The first-order valence-corrected chi connectivity index (χ1v) is 7.90. The molecule has 1 aliphatic heterocycles. The summed E-state index contributed by atoms with van der Waals surface area (Å²) in [5, 5.41) is 13.2. The van der Waals surface area contributed by atoms with Crippen LogP contribution in [-0.2, 0) is 17.9 Å². The van der Waals surface area contributed by atoms with E-state index in [2.05, 4.69) is 24.9 Å².